The van der Waals surface area contributed by atoms with Crippen molar-refractivity contribution in [3.05, 3.63) is 21.9 Å². The van der Waals surface area contributed by atoms with Crippen LogP contribution < -0.4 is 5.32 Å². The van der Waals surface area contributed by atoms with E-state index in [-0.39, 0.29) is 4.88 Å². The van der Waals surface area contributed by atoms with Crippen LogP contribution in [0.4, 0.5) is 8.78 Å². The summed E-state index contributed by atoms with van der Waals surface area (Å²) >= 11 is 1.15. The first-order chi connectivity index (χ1) is 6.27. The van der Waals surface area contributed by atoms with Crippen molar-refractivity contribution >= 4 is 11.3 Å². The lowest BCUT2D eigenvalue weighted by molar-refractivity contribution is 0.155. The second-order valence-electron chi connectivity index (χ2n) is 3.23. The molecule has 0 aliphatic carbocycles. The van der Waals surface area contributed by atoms with E-state index in [1.807, 2.05) is 5.38 Å². The lowest BCUT2D eigenvalue weighted by atomic mass is 10.1. The number of nitrogens with one attached hydrogen (secondary N) is 1. The summed E-state index contributed by atoms with van der Waals surface area (Å²) in [5, 5.41) is 5.12. The van der Waals surface area contributed by atoms with Crippen LogP contribution in [0.2, 0.25) is 0 Å². The molecule has 72 valence electrons. The SMILES string of the molecule is FC(F)c1cc([C@H]2CCCN2)cs1. The summed E-state index contributed by atoms with van der Waals surface area (Å²) in [5.41, 5.74) is 1.03. The largest absolute Gasteiger partial charge is 0.310 e. The Kier molecular flexibility index (Phi) is 2.60. The Hall–Kier alpha value is -0.480. The second kappa shape index (κ2) is 3.72. The predicted octanol–water partition coefficient (Wildman–Crippen LogP) is 3.11. The van der Waals surface area contributed by atoms with Gasteiger partial charge < -0.3 is 5.32 Å². The molecule has 0 radical (unpaired) electrons. The van der Waals surface area contributed by atoms with Crippen molar-refractivity contribution in [1.82, 2.24) is 5.32 Å². The fraction of sp³-hybridized carbons (Fsp3) is 0.556. The molecule has 1 nitrogen and oxygen atoms in total. The summed E-state index contributed by atoms with van der Waals surface area (Å²) in [7, 11) is 0. The molecule has 1 N–H and O–H groups in total. The molecule has 4 heteroatoms. The molecule has 1 saturated heterocycles. The summed E-state index contributed by atoms with van der Waals surface area (Å²) in [6.45, 7) is 1.00. The van der Waals surface area contributed by atoms with Gasteiger partial charge in [0.15, 0.2) is 0 Å². The highest BCUT2D eigenvalue weighted by atomic mass is 32.1. The smallest absolute Gasteiger partial charge is 0.272 e. The van der Waals surface area contributed by atoms with Gasteiger partial charge in [0.1, 0.15) is 0 Å². The highest BCUT2D eigenvalue weighted by Gasteiger charge is 2.19. The Bertz CT molecular complexity index is 279. The first-order valence-electron chi connectivity index (χ1n) is 4.37. The van der Waals surface area contributed by atoms with Crippen molar-refractivity contribution in [2.75, 3.05) is 6.54 Å². The summed E-state index contributed by atoms with van der Waals surface area (Å²) in [4.78, 5) is 0.184. The molecule has 1 aliphatic heterocycles. The molecule has 2 heterocycles. The minimum absolute atomic E-state index is 0.184. The first kappa shape index (κ1) is 9.09. The molecular formula is C9H11F2NS. The van der Waals surface area contributed by atoms with E-state index in [4.69, 9.17) is 0 Å². The zero-order valence-electron chi connectivity index (χ0n) is 7.09. The van der Waals surface area contributed by atoms with Crippen LogP contribution in [0.15, 0.2) is 11.4 Å². The van der Waals surface area contributed by atoms with Gasteiger partial charge in [0.25, 0.3) is 6.43 Å². The number of thiophene rings is 1. The molecule has 1 aromatic rings. The molecule has 0 aromatic carbocycles. The zero-order chi connectivity index (χ0) is 9.26. The second-order valence-corrected chi connectivity index (χ2v) is 4.17. The van der Waals surface area contributed by atoms with E-state index in [1.54, 1.807) is 6.07 Å². The number of halogens is 2. The van der Waals surface area contributed by atoms with E-state index in [9.17, 15) is 8.78 Å². The topological polar surface area (TPSA) is 12.0 Å². The lowest BCUT2D eigenvalue weighted by Gasteiger charge is -2.06. The van der Waals surface area contributed by atoms with Crippen LogP contribution in [0.25, 0.3) is 0 Å². The Morgan fingerprint density at radius 1 is 1.54 bits per heavy atom. The molecule has 1 aromatic heterocycles. The van der Waals surface area contributed by atoms with Crippen molar-refractivity contribution in [1.29, 1.82) is 0 Å². The number of rotatable bonds is 2. The van der Waals surface area contributed by atoms with Gasteiger partial charge in [-0.05, 0) is 36.4 Å². The maximum Gasteiger partial charge on any atom is 0.272 e. The van der Waals surface area contributed by atoms with Crippen molar-refractivity contribution in [2.24, 2.45) is 0 Å². The van der Waals surface area contributed by atoms with Gasteiger partial charge in [-0.1, -0.05) is 0 Å². The Morgan fingerprint density at radius 2 is 2.38 bits per heavy atom. The maximum atomic E-state index is 12.3. The van der Waals surface area contributed by atoms with Gasteiger partial charge in [0.2, 0.25) is 0 Å². The summed E-state index contributed by atoms with van der Waals surface area (Å²) in [5.74, 6) is 0. The highest BCUT2D eigenvalue weighted by Crippen LogP contribution is 2.31. The van der Waals surface area contributed by atoms with E-state index in [1.165, 1.54) is 0 Å². The molecule has 0 spiro atoms. The van der Waals surface area contributed by atoms with Crippen LogP contribution in [-0.4, -0.2) is 6.54 Å². The first-order valence-corrected chi connectivity index (χ1v) is 5.25. The minimum Gasteiger partial charge on any atom is -0.310 e. The quantitative estimate of drug-likeness (QED) is 0.778. The number of alkyl halides is 2. The molecule has 2 rings (SSSR count). The van der Waals surface area contributed by atoms with Crippen molar-refractivity contribution < 1.29 is 8.78 Å². The lowest BCUT2D eigenvalue weighted by Crippen LogP contribution is -2.11. The van der Waals surface area contributed by atoms with Gasteiger partial charge in [-0.25, -0.2) is 8.78 Å². The number of hydrogen-bond donors (Lipinski definition) is 1. The van der Waals surface area contributed by atoms with Crippen LogP contribution in [0.1, 0.15) is 35.7 Å². The third kappa shape index (κ3) is 1.89. The summed E-state index contributed by atoms with van der Waals surface area (Å²) < 4.78 is 24.5. The third-order valence-electron chi connectivity index (χ3n) is 2.32. The highest BCUT2D eigenvalue weighted by molar-refractivity contribution is 7.10. The predicted molar refractivity (Wildman–Crippen MR) is 49.3 cm³/mol. The molecule has 1 atom stereocenters. The van der Waals surface area contributed by atoms with E-state index in [0.717, 1.165) is 36.3 Å². The van der Waals surface area contributed by atoms with Gasteiger partial charge in [0.05, 0.1) is 4.88 Å². The Balaban J connectivity index is 2.12. The fourth-order valence-corrected chi connectivity index (χ4v) is 2.45. The van der Waals surface area contributed by atoms with Crippen LogP contribution >= 0.6 is 11.3 Å². The summed E-state index contributed by atoms with van der Waals surface area (Å²) in [6, 6.07) is 1.93. The molecule has 0 amide bonds. The molecule has 13 heavy (non-hydrogen) atoms. The average molecular weight is 203 g/mol. The molecule has 0 saturated carbocycles. The van der Waals surface area contributed by atoms with E-state index in [2.05, 4.69) is 5.32 Å². The Morgan fingerprint density at radius 3 is 2.92 bits per heavy atom. The van der Waals surface area contributed by atoms with E-state index < -0.39 is 6.43 Å². The van der Waals surface area contributed by atoms with Gasteiger partial charge in [-0.15, -0.1) is 11.3 Å². The van der Waals surface area contributed by atoms with Crippen LogP contribution in [0.5, 0.6) is 0 Å². The average Bonchev–Trinajstić information content (AvgIpc) is 2.75. The zero-order valence-corrected chi connectivity index (χ0v) is 7.91. The van der Waals surface area contributed by atoms with E-state index >= 15 is 0 Å². The number of hydrogen-bond acceptors (Lipinski definition) is 2. The summed E-state index contributed by atoms with van der Waals surface area (Å²) in [6.07, 6.45) is -0.107. The van der Waals surface area contributed by atoms with Crippen molar-refractivity contribution in [3.63, 3.8) is 0 Å². The van der Waals surface area contributed by atoms with Crippen molar-refractivity contribution in [3.8, 4) is 0 Å². The van der Waals surface area contributed by atoms with E-state index in [0.29, 0.717) is 6.04 Å². The standard InChI is InChI=1S/C9H11F2NS/c10-9(11)8-4-6(5-13-8)7-2-1-3-12-7/h4-5,7,9,12H,1-3H2/t7-/m1/s1. The molecule has 1 fully saturated rings. The van der Waals surface area contributed by atoms with Gasteiger partial charge in [0, 0.05) is 6.04 Å². The van der Waals surface area contributed by atoms with Gasteiger partial charge in [-0.2, -0.15) is 0 Å². The van der Waals surface area contributed by atoms with Crippen LogP contribution in [-0.2, 0) is 0 Å². The monoisotopic (exact) mass is 203 g/mol. The molecule has 0 bridgehead atoms. The molecular weight excluding hydrogens is 192 g/mol. The molecule has 0 unspecified atom stereocenters. The van der Waals surface area contributed by atoms with Crippen molar-refractivity contribution in [2.45, 2.75) is 25.3 Å². The normalized spacial score (nSPS) is 22.8. The van der Waals surface area contributed by atoms with Gasteiger partial charge in [-0.3, -0.25) is 0 Å². The van der Waals surface area contributed by atoms with Crippen LogP contribution in [0, 0.1) is 0 Å². The minimum atomic E-state index is -2.32. The maximum absolute atomic E-state index is 12.3. The fourth-order valence-electron chi connectivity index (χ4n) is 1.63. The Labute approximate surface area is 79.8 Å². The third-order valence-corrected chi connectivity index (χ3v) is 3.28. The van der Waals surface area contributed by atoms with Gasteiger partial charge >= 0.3 is 0 Å². The van der Waals surface area contributed by atoms with Crippen LogP contribution in [0.3, 0.4) is 0 Å². The molecule has 1 aliphatic rings.